The van der Waals surface area contributed by atoms with Gasteiger partial charge in [0.15, 0.2) is 0 Å². The quantitative estimate of drug-likeness (QED) is 0.797. The van der Waals surface area contributed by atoms with Gasteiger partial charge in [0.2, 0.25) is 5.91 Å². The summed E-state index contributed by atoms with van der Waals surface area (Å²) in [6, 6.07) is 0.342. The molecule has 2 heterocycles. The number of carbonyl (C=O) groups excluding carboxylic acids is 1. The SMILES string of the molecule is CCN1CCCC1CN(C)C(=O)[C@H]1NCCO[C@@H]1C. The average molecular weight is 269 g/mol. The Morgan fingerprint density at radius 3 is 3.00 bits per heavy atom. The summed E-state index contributed by atoms with van der Waals surface area (Å²) in [7, 11) is 1.91. The van der Waals surface area contributed by atoms with Crippen molar-refractivity contribution in [2.45, 2.75) is 44.9 Å². The third-order valence-corrected chi connectivity index (χ3v) is 4.35. The van der Waals surface area contributed by atoms with Crippen LogP contribution in [0.5, 0.6) is 0 Å². The summed E-state index contributed by atoms with van der Waals surface area (Å²) in [6.45, 7) is 8.70. The van der Waals surface area contributed by atoms with Crippen molar-refractivity contribution in [1.29, 1.82) is 0 Å². The zero-order valence-corrected chi connectivity index (χ0v) is 12.4. The van der Waals surface area contributed by atoms with E-state index in [2.05, 4.69) is 17.1 Å². The lowest BCUT2D eigenvalue weighted by atomic mass is 10.1. The zero-order valence-electron chi connectivity index (χ0n) is 12.4. The molecule has 5 heteroatoms. The molecule has 2 saturated heterocycles. The van der Waals surface area contributed by atoms with Gasteiger partial charge in [-0.1, -0.05) is 6.92 Å². The third kappa shape index (κ3) is 3.46. The summed E-state index contributed by atoms with van der Waals surface area (Å²) >= 11 is 0. The van der Waals surface area contributed by atoms with Crippen LogP contribution in [-0.2, 0) is 9.53 Å². The van der Waals surface area contributed by atoms with E-state index < -0.39 is 0 Å². The molecular weight excluding hydrogens is 242 g/mol. The first-order valence-electron chi connectivity index (χ1n) is 7.47. The Bertz CT molecular complexity index is 311. The number of likely N-dealkylation sites (tertiary alicyclic amines) is 1. The van der Waals surface area contributed by atoms with Crippen molar-refractivity contribution in [3.05, 3.63) is 0 Å². The molecule has 1 unspecified atom stereocenters. The van der Waals surface area contributed by atoms with E-state index in [9.17, 15) is 4.79 Å². The van der Waals surface area contributed by atoms with Crippen molar-refractivity contribution in [3.8, 4) is 0 Å². The van der Waals surface area contributed by atoms with Crippen LogP contribution in [0.3, 0.4) is 0 Å². The topological polar surface area (TPSA) is 44.8 Å². The number of amides is 1. The highest BCUT2D eigenvalue weighted by Crippen LogP contribution is 2.18. The van der Waals surface area contributed by atoms with E-state index in [1.54, 1.807) is 0 Å². The third-order valence-electron chi connectivity index (χ3n) is 4.35. The number of hydrogen-bond donors (Lipinski definition) is 1. The van der Waals surface area contributed by atoms with Crippen molar-refractivity contribution in [1.82, 2.24) is 15.1 Å². The standard InChI is InChI=1S/C14H27N3O2/c1-4-17-8-5-6-12(17)10-16(3)14(18)13-11(2)19-9-7-15-13/h11-13,15H,4-10H2,1-3H3/t11-,12?,13+/m1/s1. The molecule has 2 aliphatic heterocycles. The highest BCUT2D eigenvalue weighted by molar-refractivity contribution is 5.82. The smallest absolute Gasteiger partial charge is 0.242 e. The van der Waals surface area contributed by atoms with Gasteiger partial charge in [-0.15, -0.1) is 0 Å². The molecule has 1 N–H and O–H groups in total. The van der Waals surface area contributed by atoms with Gasteiger partial charge in [-0.3, -0.25) is 9.69 Å². The second kappa shape index (κ2) is 6.68. The summed E-state index contributed by atoms with van der Waals surface area (Å²) in [5.74, 6) is 0.162. The maximum atomic E-state index is 12.5. The van der Waals surface area contributed by atoms with Gasteiger partial charge in [-0.25, -0.2) is 0 Å². The average Bonchev–Trinajstić information content (AvgIpc) is 2.85. The fraction of sp³-hybridized carbons (Fsp3) is 0.929. The van der Waals surface area contributed by atoms with Crippen LogP contribution in [0, 0.1) is 0 Å². The summed E-state index contributed by atoms with van der Waals surface area (Å²) in [6.07, 6.45) is 2.42. The normalized spacial score (nSPS) is 32.5. The molecule has 0 radical (unpaired) electrons. The molecule has 0 bridgehead atoms. The molecule has 2 rings (SSSR count). The minimum atomic E-state index is -0.185. The molecule has 19 heavy (non-hydrogen) atoms. The van der Waals surface area contributed by atoms with E-state index >= 15 is 0 Å². The Labute approximate surface area is 116 Å². The van der Waals surface area contributed by atoms with Gasteiger partial charge >= 0.3 is 0 Å². The molecule has 110 valence electrons. The van der Waals surface area contributed by atoms with Gasteiger partial charge < -0.3 is 15.0 Å². The van der Waals surface area contributed by atoms with Crippen LogP contribution in [0.15, 0.2) is 0 Å². The van der Waals surface area contributed by atoms with Gasteiger partial charge in [0.25, 0.3) is 0 Å². The van der Waals surface area contributed by atoms with Crippen LogP contribution >= 0.6 is 0 Å². The Morgan fingerprint density at radius 1 is 1.53 bits per heavy atom. The van der Waals surface area contributed by atoms with E-state index in [1.807, 2.05) is 18.9 Å². The molecular formula is C14H27N3O2. The van der Waals surface area contributed by atoms with Crippen LogP contribution < -0.4 is 5.32 Å². The second-order valence-electron chi connectivity index (χ2n) is 5.65. The number of morpholine rings is 1. The monoisotopic (exact) mass is 269 g/mol. The van der Waals surface area contributed by atoms with Crippen LogP contribution in [0.4, 0.5) is 0 Å². The summed E-state index contributed by atoms with van der Waals surface area (Å²) < 4.78 is 5.55. The van der Waals surface area contributed by atoms with Crippen molar-refractivity contribution < 1.29 is 9.53 Å². The molecule has 5 nitrogen and oxygen atoms in total. The number of likely N-dealkylation sites (N-methyl/N-ethyl adjacent to an activating group) is 2. The molecule has 0 aromatic rings. The fourth-order valence-electron chi connectivity index (χ4n) is 3.17. The van der Waals surface area contributed by atoms with Gasteiger partial charge in [-0.05, 0) is 32.9 Å². The molecule has 2 aliphatic rings. The number of nitrogens with one attached hydrogen (secondary N) is 1. The fourth-order valence-corrected chi connectivity index (χ4v) is 3.17. The van der Waals surface area contributed by atoms with Crippen LogP contribution in [-0.4, -0.2) is 73.7 Å². The number of hydrogen-bond acceptors (Lipinski definition) is 4. The predicted molar refractivity (Wildman–Crippen MR) is 75.1 cm³/mol. The molecule has 0 spiro atoms. The highest BCUT2D eigenvalue weighted by Gasteiger charge is 2.32. The van der Waals surface area contributed by atoms with E-state index in [0.717, 1.165) is 19.6 Å². The molecule has 1 amide bonds. The lowest BCUT2D eigenvalue weighted by molar-refractivity contribution is -0.138. The Morgan fingerprint density at radius 2 is 2.32 bits per heavy atom. The minimum absolute atomic E-state index is 0.0328. The van der Waals surface area contributed by atoms with Crippen molar-refractivity contribution in [3.63, 3.8) is 0 Å². The van der Waals surface area contributed by atoms with E-state index in [1.165, 1.54) is 19.4 Å². The first-order chi connectivity index (χ1) is 9.13. The molecule has 0 aliphatic carbocycles. The van der Waals surface area contributed by atoms with E-state index in [0.29, 0.717) is 12.6 Å². The molecule has 0 aromatic carbocycles. The van der Waals surface area contributed by atoms with Gasteiger partial charge in [0, 0.05) is 26.2 Å². The first kappa shape index (κ1) is 14.8. The number of carbonyl (C=O) groups is 1. The largest absolute Gasteiger partial charge is 0.375 e. The Hall–Kier alpha value is -0.650. The van der Waals surface area contributed by atoms with E-state index in [4.69, 9.17) is 4.74 Å². The minimum Gasteiger partial charge on any atom is -0.375 e. The Kier molecular flexibility index (Phi) is 5.19. The van der Waals surface area contributed by atoms with Gasteiger partial charge in [0.05, 0.1) is 12.7 Å². The van der Waals surface area contributed by atoms with Crippen LogP contribution in [0.2, 0.25) is 0 Å². The van der Waals surface area contributed by atoms with Crippen molar-refractivity contribution in [2.24, 2.45) is 0 Å². The maximum absolute atomic E-state index is 12.5. The van der Waals surface area contributed by atoms with Crippen molar-refractivity contribution in [2.75, 3.05) is 39.8 Å². The summed E-state index contributed by atoms with van der Waals surface area (Å²) in [5, 5.41) is 3.27. The molecule has 0 saturated carbocycles. The zero-order chi connectivity index (χ0) is 13.8. The van der Waals surface area contributed by atoms with Crippen LogP contribution in [0.25, 0.3) is 0 Å². The highest BCUT2D eigenvalue weighted by atomic mass is 16.5. The number of nitrogens with zero attached hydrogens (tertiary/aromatic N) is 2. The van der Waals surface area contributed by atoms with Gasteiger partial charge in [0.1, 0.15) is 6.04 Å². The molecule has 0 aromatic heterocycles. The molecule has 2 fully saturated rings. The van der Waals surface area contributed by atoms with E-state index in [-0.39, 0.29) is 18.1 Å². The summed E-state index contributed by atoms with van der Waals surface area (Å²) in [5.41, 5.74) is 0. The molecule has 3 atom stereocenters. The first-order valence-corrected chi connectivity index (χ1v) is 7.47. The number of rotatable bonds is 4. The lowest BCUT2D eigenvalue weighted by Crippen LogP contribution is -2.57. The van der Waals surface area contributed by atoms with Gasteiger partial charge in [-0.2, -0.15) is 0 Å². The lowest BCUT2D eigenvalue weighted by Gasteiger charge is -2.34. The number of ether oxygens (including phenoxy) is 1. The Balaban J connectivity index is 1.88. The predicted octanol–water partition coefficient (Wildman–Crippen LogP) is 0.306. The maximum Gasteiger partial charge on any atom is 0.242 e. The van der Waals surface area contributed by atoms with Crippen molar-refractivity contribution >= 4 is 5.91 Å². The summed E-state index contributed by atoms with van der Waals surface area (Å²) in [4.78, 5) is 16.8. The van der Waals surface area contributed by atoms with Crippen LogP contribution in [0.1, 0.15) is 26.7 Å². The second-order valence-corrected chi connectivity index (χ2v) is 5.65.